The summed E-state index contributed by atoms with van der Waals surface area (Å²) in [5, 5.41) is 1.19. The number of aromatic nitrogens is 1. The van der Waals surface area contributed by atoms with Gasteiger partial charge in [0, 0.05) is 23.6 Å². The van der Waals surface area contributed by atoms with E-state index in [0.29, 0.717) is 0 Å². The minimum Gasteiger partial charge on any atom is -0.369 e. The number of carbonyl (C=O) groups excluding carboxylic acids is 1. The molecular weight excluding hydrogens is 212 g/mol. The molecule has 1 aliphatic carbocycles. The van der Waals surface area contributed by atoms with Gasteiger partial charge in [0.1, 0.15) is 0 Å². The predicted molar refractivity (Wildman–Crippen MR) is 67.8 cm³/mol. The van der Waals surface area contributed by atoms with Gasteiger partial charge < -0.3 is 10.3 Å². The van der Waals surface area contributed by atoms with Gasteiger partial charge in [0.25, 0.3) is 0 Å². The van der Waals surface area contributed by atoms with Gasteiger partial charge in [-0.2, -0.15) is 0 Å². The van der Waals surface area contributed by atoms with E-state index in [2.05, 4.69) is 23.7 Å². The molecule has 3 heteroatoms. The fraction of sp³-hybridized carbons (Fsp3) is 0.357. The summed E-state index contributed by atoms with van der Waals surface area (Å²) in [6.07, 6.45) is 2.98. The van der Waals surface area contributed by atoms with E-state index in [4.69, 9.17) is 5.73 Å². The predicted octanol–water partition coefficient (Wildman–Crippen LogP) is 2.08. The van der Waals surface area contributed by atoms with E-state index in [1.807, 2.05) is 12.1 Å². The van der Waals surface area contributed by atoms with Crippen LogP contribution in [-0.4, -0.2) is 10.5 Å². The monoisotopic (exact) mass is 228 g/mol. The minimum absolute atomic E-state index is 0.107. The molecule has 2 N–H and O–H groups in total. The number of benzene rings is 1. The Labute approximate surface area is 100 Å². The highest BCUT2D eigenvalue weighted by atomic mass is 16.1. The van der Waals surface area contributed by atoms with Crippen LogP contribution in [0.1, 0.15) is 30.0 Å². The first kappa shape index (κ1) is 10.4. The number of amides is 1. The normalized spacial score (nSPS) is 19.2. The van der Waals surface area contributed by atoms with Crippen molar-refractivity contribution in [3.63, 3.8) is 0 Å². The summed E-state index contributed by atoms with van der Waals surface area (Å²) in [5.41, 5.74) is 9.18. The van der Waals surface area contributed by atoms with Gasteiger partial charge in [-0.25, -0.2) is 0 Å². The van der Waals surface area contributed by atoms with Gasteiger partial charge in [-0.1, -0.05) is 18.2 Å². The molecule has 0 bridgehead atoms. The van der Waals surface area contributed by atoms with Crippen molar-refractivity contribution in [1.82, 2.24) is 4.57 Å². The summed E-state index contributed by atoms with van der Waals surface area (Å²) in [6, 6.07) is 8.25. The number of nitrogens with zero attached hydrogens (tertiary/aromatic N) is 1. The Balaban J connectivity index is 2.35. The number of carbonyl (C=O) groups is 1. The Morgan fingerprint density at radius 2 is 2.18 bits per heavy atom. The van der Waals surface area contributed by atoms with Crippen molar-refractivity contribution < 1.29 is 4.79 Å². The number of aryl methyl sites for hydroxylation is 1. The second-order valence-corrected chi connectivity index (χ2v) is 4.78. The third-order valence-electron chi connectivity index (χ3n) is 3.87. The molecule has 88 valence electrons. The molecule has 1 amide bonds. The summed E-state index contributed by atoms with van der Waals surface area (Å²) in [7, 11) is 2.07. The second-order valence-electron chi connectivity index (χ2n) is 4.78. The Hall–Kier alpha value is -1.77. The summed E-state index contributed by atoms with van der Waals surface area (Å²) in [5.74, 6) is -0.299. The number of hydrogen-bond donors (Lipinski definition) is 1. The van der Waals surface area contributed by atoms with Gasteiger partial charge in [0.05, 0.1) is 5.92 Å². The van der Waals surface area contributed by atoms with Crippen molar-refractivity contribution >= 4 is 16.8 Å². The molecule has 0 aliphatic heterocycles. The summed E-state index contributed by atoms with van der Waals surface area (Å²) in [6.45, 7) is 0. The average Bonchev–Trinajstić information content (AvgIpc) is 2.64. The molecule has 1 aliphatic rings. The standard InChI is InChI=1S/C14H16N2O/c1-16-11-7-3-2-5-9(11)13-10(14(15)17)6-4-8-12(13)16/h2-3,5,7,10H,4,6,8H2,1H3,(H2,15,17). The van der Waals surface area contributed by atoms with Crippen LogP contribution in [0.4, 0.5) is 0 Å². The van der Waals surface area contributed by atoms with Crippen molar-refractivity contribution in [1.29, 1.82) is 0 Å². The van der Waals surface area contributed by atoms with Crippen LogP contribution in [0.2, 0.25) is 0 Å². The number of para-hydroxylation sites is 1. The maximum Gasteiger partial charge on any atom is 0.225 e. The highest BCUT2D eigenvalue weighted by Crippen LogP contribution is 2.38. The molecule has 0 fully saturated rings. The van der Waals surface area contributed by atoms with Crippen LogP contribution in [-0.2, 0) is 18.3 Å². The molecule has 1 heterocycles. The fourth-order valence-electron chi connectivity index (χ4n) is 3.07. The fourth-order valence-corrected chi connectivity index (χ4v) is 3.07. The quantitative estimate of drug-likeness (QED) is 0.798. The van der Waals surface area contributed by atoms with Crippen molar-refractivity contribution in [3.05, 3.63) is 35.5 Å². The van der Waals surface area contributed by atoms with E-state index >= 15 is 0 Å². The van der Waals surface area contributed by atoms with Gasteiger partial charge in [-0.05, 0) is 30.9 Å². The third-order valence-corrected chi connectivity index (χ3v) is 3.87. The smallest absolute Gasteiger partial charge is 0.225 e. The first-order valence-corrected chi connectivity index (χ1v) is 6.05. The molecular formula is C14H16N2O. The van der Waals surface area contributed by atoms with Crippen LogP contribution in [0.5, 0.6) is 0 Å². The van der Waals surface area contributed by atoms with E-state index in [1.165, 1.54) is 22.2 Å². The van der Waals surface area contributed by atoms with Crippen molar-refractivity contribution in [2.45, 2.75) is 25.2 Å². The molecule has 3 rings (SSSR count). The van der Waals surface area contributed by atoms with Crippen molar-refractivity contribution in [2.75, 3.05) is 0 Å². The number of nitrogens with two attached hydrogens (primary N) is 1. The van der Waals surface area contributed by atoms with E-state index < -0.39 is 0 Å². The van der Waals surface area contributed by atoms with Crippen LogP contribution < -0.4 is 5.73 Å². The number of primary amides is 1. The van der Waals surface area contributed by atoms with E-state index in [1.54, 1.807) is 0 Å². The molecule has 1 unspecified atom stereocenters. The second kappa shape index (κ2) is 3.62. The summed E-state index contributed by atoms with van der Waals surface area (Å²) >= 11 is 0. The first-order valence-electron chi connectivity index (χ1n) is 6.05. The number of fused-ring (bicyclic) bond motifs is 3. The molecule has 2 aromatic rings. The lowest BCUT2D eigenvalue weighted by Gasteiger charge is -2.21. The Kier molecular flexibility index (Phi) is 2.21. The zero-order valence-electron chi connectivity index (χ0n) is 9.94. The molecule has 0 saturated heterocycles. The van der Waals surface area contributed by atoms with Gasteiger partial charge in [-0.3, -0.25) is 4.79 Å². The van der Waals surface area contributed by atoms with Gasteiger partial charge in [0.2, 0.25) is 5.91 Å². The molecule has 17 heavy (non-hydrogen) atoms. The third kappa shape index (κ3) is 1.38. The Bertz CT molecular complexity index is 598. The largest absolute Gasteiger partial charge is 0.369 e. The molecule has 1 aromatic carbocycles. The van der Waals surface area contributed by atoms with Gasteiger partial charge >= 0.3 is 0 Å². The molecule has 0 radical (unpaired) electrons. The highest BCUT2D eigenvalue weighted by Gasteiger charge is 2.29. The lowest BCUT2D eigenvalue weighted by atomic mass is 9.84. The van der Waals surface area contributed by atoms with Crippen LogP contribution in [0.15, 0.2) is 24.3 Å². The SMILES string of the molecule is Cn1c2c(c3ccccc31)C(C(N)=O)CCC2. The van der Waals surface area contributed by atoms with Gasteiger partial charge in [0.15, 0.2) is 0 Å². The zero-order chi connectivity index (χ0) is 12.0. The van der Waals surface area contributed by atoms with E-state index in [-0.39, 0.29) is 11.8 Å². The zero-order valence-corrected chi connectivity index (χ0v) is 9.94. The molecule has 0 spiro atoms. The lowest BCUT2D eigenvalue weighted by Crippen LogP contribution is -2.25. The molecule has 0 saturated carbocycles. The topological polar surface area (TPSA) is 48.0 Å². The summed E-state index contributed by atoms with van der Waals surface area (Å²) in [4.78, 5) is 11.6. The van der Waals surface area contributed by atoms with E-state index in [0.717, 1.165) is 19.3 Å². The molecule has 1 atom stereocenters. The van der Waals surface area contributed by atoms with Crippen molar-refractivity contribution in [3.8, 4) is 0 Å². The van der Waals surface area contributed by atoms with Crippen LogP contribution in [0.25, 0.3) is 10.9 Å². The first-order chi connectivity index (χ1) is 8.20. The van der Waals surface area contributed by atoms with E-state index in [9.17, 15) is 4.79 Å². The van der Waals surface area contributed by atoms with Crippen LogP contribution in [0, 0.1) is 0 Å². The summed E-state index contributed by atoms with van der Waals surface area (Å²) < 4.78 is 2.21. The number of rotatable bonds is 1. The minimum atomic E-state index is -0.192. The van der Waals surface area contributed by atoms with Crippen LogP contribution >= 0.6 is 0 Å². The Morgan fingerprint density at radius 3 is 2.94 bits per heavy atom. The molecule has 3 nitrogen and oxygen atoms in total. The maximum absolute atomic E-state index is 11.6. The molecule has 1 aromatic heterocycles. The number of hydrogen-bond acceptors (Lipinski definition) is 1. The average molecular weight is 228 g/mol. The maximum atomic E-state index is 11.6. The van der Waals surface area contributed by atoms with Gasteiger partial charge in [-0.15, -0.1) is 0 Å². The highest BCUT2D eigenvalue weighted by molar-refractivity contribution is 5.93. The Morgan fingerprint density at radius 1 is 1.41 bits per heavy atom. The lowest BCUT2D eigenvalue weighted by molar-refractivity contribution is -0.119. The van der Waals surface area contributed by atoms with Crippen molar-refractivity contribution in [2.24, 2.45) is 12.8 Å². The van der Waals surface area contributed by atoms with Crippen LogP contribution in [0.3, 0.4) is 0 Å².